The third-order valence-corrected chi connectivity index (χ3v) is 14.9. The molecule has 9 atom stereocenters. The van der Waals surface area contributed by atoms with Crippen LogP contribution < -0.4 is 11.1 Å². The average molecular weight is 1020 g/mol. The molecule has 400 valence electrons. The fourth-order valence-electron chi connectivity index (χ4n) is 8.14. The standard InChI is InChI=1S/C48H93N3O15P2/c1-3-5-7-9-11-13-15-17-19-21-23-25-27-29-31-33-43(52)61-37-40(64-44(53)34-32-30-28-26-24-22-20-18-16-14-12-10-8-6-4-2)38-62-67(57,58)66-68(59,60)63-39-41-45(54)46(55)47(65-41)51-36-35-42(49)50-48(51)56/h18,20,35-36,40-47,52-55,57-58H,3-17,19,21-34,37-39,49H2,1-2H3,(H-,50,56,59,60)/p+1/b20-18-/t40?,41-,42?,43?,44?,45?,46+,47-/m1/s1. The van der Waals surface area contributed by atoms with Crippen molar-refractivity contribution in [1.29, 1.82) is 0 Å². The van der Waals surface area contributed by atoms with E-state index in [-0.39, 0.29) is 13.0 Å². The van der Waals surface area contributed by atoms with Gasteiger partial charge in [-0.1, -0.05) is 167 Å². The number of hydrogen-bond acceptors (Lipinski definition) is 15. The molecular weight excluding hydrogens is 920 g/mol. The molecule has 10 N–H and O–H groups in total. The number of ether oxygens (including phenoxy) is 3. The van der Waals surface area contributed by atoms with Crippen molar-refractivity contribution in [2.75, 3.05) is 19.8 Å². The summed E-state index contributed by atoms with van der Waals surface area (Å²) in [4.78, 5) is 44.6. The first kappa shape index (κ1) is 63.0. The van der Waals surface area contributed by atoms with Crippen molar-refractivity contribution in [2.24, 2.45) is 5.73 Å². The minimum atomic E-state index is -5.32. The van der Waals surface area contributed by atoms with Gasteiger partial charge in [0.2, 0.25) is 0 Å². The number of nitrogens with zero attached hydrogens (tertiary/aromatic N) is 1. The number of urea groups is 1. The van der Waals surface area contributed by atoms with Crippen LogP contribution in [0.5, 0.6) is 0 Å². The molecule has 0 bridgehead atoms. The molecule has 0 aromatic carbocycles. The molecular formula is C48H94N3O15P2+. The second-order valence-electron chi connectivity index (χ2n) is 18.5. The summed E-state index contributed by atoms with van der Waals surface area (Å²) in [6, 6.07) is -0.723. The summed E-state index contributed by atoms with van der Waals surface area (Å²) in [6.45, 7) is 2.61. The lowest BCUT2D eigenvalue weighted by Crippen LogP contribution is -2.55. The summed E-state index contributed by atoms with van der Waals surface area (Å²) < 4.78 is 44.2. The van der Waals surface area contributed by atoms with Crippen LogP contribution in [0.4, 0.5) is 4.79 Å². The largest absolute Gasteiger partial charge is 0.580 e. The summed E-state index contributed by atoms with van der Waals surface area (Å²) in [5.74, 6) is 0. The smallest absolute Gasteiger partial charge is 0.387 e. The highest BCUT2D eigenvalue weighted by atomic mass is 31.3. The minimum absolute atomic E-state index is 0.280. The van der Waals surface area contributed by atoms with Gasteiger partial charge in [-0.2, -0.15) is 14.3 Å². The van der Waals surface area contributed by atoms with E-state index in [0.717, 1.165) is 69.1 Å². The van der Waals surface area contributed by atoms with Gasteiger partial charge in [0.25, 0.3) is 0 Å². The van der Waals surface area contributed by atoms with E-state index in [4.69, 9.17) is 29.0 Å². The van der Waals surface area contributed by atoms with Gasteiger partial charge < -0.3 is 50.6 Å². The molecule has 0 radical (unpaired) electrons. The molecule has 1 saturated heterocycles. The minimum Gasteiger partial charge on any atom is -0.387 e. The van der Waals surface area contributed by atoms with E-state index in [1.165, 1.54) is 121 Å². The Kier molecular flexibility index (Phi) is 35.6. The third kappa shape index (κ3) is 30.7. The van der Waals surface area contributed by atoms with E-state index in [1.807, 2.05) is 0 Å². The normalized spacial score (nSPS) is 22.2. The molecule has 6 unspecified atom stereocenters. The number of amides is 2. The van der Waals surface area contributed by atoms with Crippen molar-refractivity contribution in [1.82, 2.24) is 10.2 Å². The molecule has 2 amide bonds. The molecule has 2 heterocycles. The zero-order chi connectivity index (χ0) is 49.9. The van der Waals surface area contributed by atoms with E-state index >= 15 is 0 Å². The maximum absolute atomic E-state index is 12.8. The molecule has 2 rings (SSSR count). The van der Waals surface area contributed by atoms with Gasteiger partial charge in [0.1, 0.15) is 31.0 Å². The highest BCUT2D eigenvalue weighted by Gasteiger charge is 2.52. The molecule has 1 fully saturated rings. The Morgan fingerprint density at radius 3 is 1.71 bits per heavy atom. The first-order valence-corrected chi connectivity index (χ1v) is 29.2. The zero-order valence-corrected chi connectivity index (χ0v) is 43.4. The number of phosphoric acid groups is 1. The maximum Gasteiger partial charge on any atom is 0.580 e. The summed E-state index contributed by atoms with van der Waals surface area (Å²) in [5, 5.41) is 44.7. The lowest BCUT2D eigenvalue weighted by molar-refractivity contribution is -0.191. The second-order valence-corrected chi connectivity index (χ2v) is 21.6. The Morgan fingerprint density at radius 1 is 0.735 bits per heavy atom. The van der Waals surface area contributed by atoms with Gasteiger partial charge in [0, 0.05) is 6.20 Å². The molecule has 0 aromatic rings. The Balaban J connectivity index is 1.78. The molecule has 2 aliphatic rings. The molecule has 0 spiro atoms. The summed E-state index contributed by atoms with van der Waals surface area (Å²) >= 11 is 0. The first-order valence-electron chi connectivity index (χ1n) is 26.2. The van der Waals surface area contributed by atoms with Crippen LogP contribution in [0.3, 0.4) is 0 Å². The number of rotatable bonds is 45. The van der Waals surface area contributed by atoms with Crippen LogP contribution >= 0.6 is 16.0 Å². The summed E-state index contributed by atoms with van der Waals surface area (Å²) in [5.41, 5.74) is 5.65. The number of unbranched alkanes of at least 4 members (excludes halogenated alkanes) is 25. The molecule has 68 heavy (non-hydrogen) atoms. The van der Waals surface area contributed by atoms with Crippen molar-refractivity contribution in [3.63, 3.8) is 0 Å². The number of hydrogen-bond donors (Lipinski definition) is 9. The lowest BCUT2D eigenvalue weighted by atomic mass is 10.0. The Labute approximate surface area is 409 Å². The van der Waals surface area contributed by atoms with E-state index in [0.29, 0.717) is 12.8 Å². The Hall–Kier alpha value is -1.15. The van der Waals surface area contributed by atoms with Crippen LogP contribution in [-0.2, 0) is 32.1 Å². The topological polar surface area (TPSA) is 272 Å². The highest BCUT2D eigenvalue weighted by Crippen LogP contribution is 2.65. The van der Waals surface area contributed by atoms with Crippen molar-refractivity contribution in [3.8, 4) is 0 Å². The predicted octanol–water partition coefficient (Wildman–Crippen LogP) is 9.41. The monoisotopic (exact) mass is 1010 g/mol. The van der Waals surface area contributed by atoms with Crippen molar-refractivity contribution in [3.05, 3.63) is 24.4 Å². The van der Waals surface area contributed by atoms with Crippen molar-refractivity contribution < 1.29 is 72.0 Å². The van der Waals surface area contributed by atoms with Gasteiger partial charge in [-0.15, -0.1) is 0 Å². The first-order chi connectivity index (χ1) is 32.7. The second kappa shape index (κ2) is 38.5. The number of carbonyl (C=O) groups is 1. The lowest BCUT2D eigenvalue weighted by Gasteiger charge is -2.31. The number of aliphatic hydroxyl groups is 4. The van der Waals surface area contributed by atoms with Crippen molar-refractivity contribution >= 4 is 22.0 Å². The van der Waals surface area contributed by atoms with Gasteiger partial charge >= 0.3 is 22.0 Å². The molecule has 18 nitrogen and oxygen atoms in total. The molecule has 0 saturated carbocycles. The van der Waals surface area contributed by atoms with Gasteiger partial charge in [-0.3, -0.25) is 9.42 Å². The summed E-state index contributed by atoms with van der Waals surface area (Å²) in [6.07, 6.45) is 30.3. The number of nitrogens with two attached hydrogens (primary N) is 1. The van der Waals surface area contributed by atoms with Crippen molar-refractivity contribution in [2.45, 2.75) is 256 Å². The fraction of sp³-hybridized carbons (Fsp3) is 0.896. The van der Waals surface area contributed by atoms with Crippen LogP contribution in [0.25, 0.3) is 0 Å². The molecule has 0 aliphatic carbocycles. The van der Waals surface area contributed by atoms with Crippen LogP contribution in [0, 0.1) is 0 Å². The van der Waals surface area contributed by atoms with Gasteiger partial charge in [-0.05, 0) is 61.8 Å². The van der Waals surface area contributed by atoms with Crippen LogP contribution in [0.2, 0.25) is 0 Å². The van der Waals surface area contributed by atoms with E-state index < -0.39 is 84.6 Å². The van der Waals surface area contributed by atoms with Gasteiger partial charge in [0.15, 0.2) is 18.8 Å². The molecule has 0 aromatic heterocycles. The predicted molar refractivity (Wildman–Crippen MR) is 264 cm³/mol. The number of aliphatic hydroxyl groups excluding tert-OH is 4. The van der Waals surface area contributed by atoms with E-state index in [1.54, 1.807) is 0 Å². The Bertz CT molecular complexity index is 1370. The third-order valence-electron chi connectivity index (χ3n) is 12.2. The van der Waals surface area contributed by atoms with Crippen LogP contribution in [0.15, 0.2) is 24.4 Å². The number of nitrogens with one attached hydrogen (secondary N) is 1. The maximum atomic E-state index is 12.8. The average Bonchev–Trinajstić information content (AvgIpc) is 3.57. The van der Waals surface area contributed by atoms with Crippen LogP contribution in [0.1, 0.15) is 206 Å². The Morgan fingerprint density at radius 2 is 1.21 bits per heavy atom. The summed E-state index contributed by atoms with van der Waals surface area (Å²) in [7, 11) is -10.4. The molecule has 20 heteroatoms. The van der Waals surface area contributed by atoms with E-state index in [9.17, 15) is 44.5 Å². The van der Waals surface area contributed by atoms with Crippen LogP contribution in [-0.4, -0.2) is 115 Å². The fourth-order valence-corrected chi connectivity index (χ4v) is 10.3. The number of phosphoric ester groups is 1. The highest BCUT2D eigenvalue weighted by molar-refractivity contribution is 7.65. The quantitative estimate of drug-likeness (QED) is 0.0119. The van der Waals surface area contributed by atoms with Gasteiger partial charge in [-0.25, -0.2) is 9.36 Å². The van der Waals surface area contributed by atoms with Gasteiger partial charge in [0.05, 0.1) is 19.4 Å². The number of allylic oxidation sites excluding steroid dienone is 2. The number of carbonyl (C=O) groups excluding carboxylic acids is 1. The van der Waals surface area contributed by atoms with E-state index in [2.05, 4.69) is 35.6 Å². The molecule has 2 aliphatic heterocycles. The zero-order valence-electron chi connectivity index (χ0n) is 41.6. The SMILES string of the molecule is CCCCCCCC/C=C\CCCCCCCC(O)OC(COC(O)CCCCCCCCCCCCCCCCC)CO[P+](O)(O)OP(=O)(O)OC[C@H]1O[C@@H](N2C=CC(N)NC2=O)[C@@H](O)C1O.